The van der Waals surface area contributed by atoms with Gasteiger partial charge in [-0.2, -0.15) is 0 Å². The highest BCUT2D eigenvalue weighted by Gasteiger charge is 2.54. The molecule has 0 unspecified atom stereocenters. The van der Waals surface area contributed by atoms with E-state index in [1.165, 1.54) is 23.5 Å². The van der Waals surface area contributed by atoms with Gasteiger partial charge in [0.15, 0.2) is 10.8 Å². The van der Waals surface area contributed by atoms with E-state index >= 15 is 0 Å². The number of β-lactam (4-membered cyclic amide) rings is 1. The molecule has 2 aromatic heterocycles. The van der Waals surface area contributed by atoms with Gasteiger partial charge in [-0.05, 0) is 60.1 Å². The van der Waals surface area contributed by atoms with Crippen LogP contribution in [-0.2, 0) is 36.5 Å². The van der Waals surface area contributed by atoms with E-state index in [0.29, 0.717) is 22.4 Å². The van der Waals surface area contributed by atoms with E-state index in [4.69, 9.17) is 31.7 Å². The van der Waals surface area contributed by atoms with Crippen molar-refractivity contribution in [3.8, 4) is 0 Å². The monoisotopic (exact) mass is 1020 g/mol. The Morgan fingerprint density at radius 1 is 0.845 bits per heavy atom. The second-order valence-electron chi connectivity index (χ2n) is 17.3. The summed E-state index contributed by atoms with van der Waals surface area (Å²) in [6.45, 7) is 5.25. The van der Waals surface area contributed by atoms with Crippen molar-refractivity contribution in [2.24, 2.45) is 12.2 Å². The zero-order valence-electron chi connectivity index (χ0n) is 38.9. The Kier molecular flexibility index (Phi) is 14.7. The number of aryl methyl sites for hydroxylation is 1. The predicted octanol–water partition coefficient (Wildman–Crippen LogP) is 9.31. The Hall–Kier alpha value is -7.19. The first-order valence-corrected chi connectivity index (χ1v) is 25.7. The highest BCUT2D eigenvalue weighted by Crippen LogP contribution is 2.44. The SMILES string of the molecule is Cn1nnnc1SCC1=C(C(=S)OC(c2ccccc2)c2ccccc2)N2C(=O)[C@@H](NC(=O)/C(=N\OC(c3ccccc3)(c3ccccc3)c3ccccc3)c3csc(NC(=O)OC(C)(C)C)n3)[C@H]2SC1. The molecular weight excluding hydrogens is 975 g/mol. The minimum atomic E-state index is -1.37. The first kappa shape index (κ1) is 48.8. The quantitative estimate of drug-likeness (QED) is 0.0234. The number of thiocarbonyl (C=S) groups is 1. The van der Waals surface area contributed by atoms with Crippen LogP contribution in [0.25, 0.3) is 0 Å². The molecular formula is C52H47N9O6S4. The molecule has 1 saturated heterocycles. The topological polar surface area (TPSA) is 175 Å². The average molecular weight is 1020 g/mol. The standard InChI is InChI=1S/C52H47N9O6S4/c1-51(2,3)66-50(64)55-48-53-39(32-70-48)40(57-67-52(36-24-14-7-15-25-36,37-26-16-8-17-27-37)38-28-18-9-19-29-38)44(62)54-41-45(63)61-42(35(30-69-46(41)61)31-71-49-56-58-59-60(49)4)47(68)65-43(33-20-10-5-11-21-33)34-22-12-6-13-23-34/h5-29,32,41,43,46H,30-31H2,1-4H3,(H,54,62)(H,53,55,64)/b57-40-/t41-,46-/m1/s1. The highest BCUT2D eigenvalue weighted by atomic mass is 32.2. The zero-order valence-corrected chi connectivity index (χ0v) is 42.1. The largest absolute Gasteiger partial charge is 0.469 e. The number of ether oxygens (including phenoxy) is 2. The third-order valence-corrected chi connectivity index (χ3v) is 14.8. The fourth-order valence-corrected chi connectivity index (χ4v) is 11.4. The number of thiazole rings is 1. The van der Waals surface area contributed by atoms with Crippen LogP contribution in [0.3, 0.4) is 0 Å². The smallest absolute Gasteiger partial charge is 0.413 e. The molecule has 2 aliphatic rings. The van der Waals surface area contributed by atoms with Gasteiger partial charge in [0.05, 0.1) is 5.70 Å². The van der Waals surface area contributed by atoms with E-state index in [2.05, 4.69) is 31.1 Å². The van der Waals surface area contributed by atoms with Crippen LogP contribution in [-0.4, -0.2) is 87.3 Å². The van der Waals surface area contributed by atoms with Crippen LogP contribution >= 0.6 is 47.1 Å². The number of carbonyl (C=O) groups excluding carboxylic acids is 3. The van der Waals surface area contributed by atoms with Crippen molar-refractivity contribution < 1.29 is 28.7 Å². The number of aromatic nitrogens is 5. The van der Waals surface area contributed by atoms with E-state index in [0.717, 1.165) is 44.7 Å². The highest BCUT2D eigenvalue weighted by molar-refractivity contribution is 8.01. The molecule has 2 N–H and O–H groups in total. The summed E-state index contributed by atoms with van der Waals surface area (Å²) < 4.78 is 13.8. The van der Waals surface area contributed by atoms with Crippen LogP contribution in [0, 0.1) is 0 Å². The number of oxime groups is 1. The van der Waals surface area contributed by atoms with Gasteiger partial charge in [-0.25, -0.2) is 14.5 Å². The molecule has 5 aromatic carbocycles. The van der Waals surface area contributed by atoms with E-state index in [-0.39, 0.29) is 21.6 Å². The molecule has 19 heteroatoms. The number of nitrogens with zero attached hydrogens (tertiary/aromatic N) is 7. The summed E-state index contributed by atoms with van der Waals surface area (Å²) in [7, 11) is 1.76. The molecule has 15 nitrogen and oxygen atoms in total. The molecule has 2 aliphatic heterocycles. The molecule has 7 aromatic rings. The number of amides is 3. The van der Waals surface area contributed by atoms with Crippen molar-refractivity contribution in [1.82, 2.24) is 35.4 Å². The number of anilines is 1. The van der Waals surface area contributed by atoms with Crippen molar-refractivity contribution in [3.63, 3.8) is 0 Å². The Labute approximate surface area is 428 Å². The van der Waals surface area contributed by atoms with E-state index in [1.54, 1.807) is 42.8 Å². The average Bonchev–Trinajstić information content (AvgIpc) is 4.03. The number of tetrazole rings is 1. The van der Waals surface area contributed by atoms with Crippen molar-refractivity contribution in [1.29, 1.82) is 0 Å². The van der Waals surface area contributed by atoms with Crippen molar-refractivity contribution in [3.05, 3.63) is 202 Å². The van der Waals surface area contributed by atoms with Crippen molar-refractivity contribution >= 4 is 80.9 Å². The summed E-state index contributed by atoms with van der Waals surface area (Å²) in [5, 5.41) is 24.1. The van der Waals surface area contributed by atoms with Gasteiger partial charge in [0, 0.05) is 40.6 Å². The van der Waals surface area contributed by atoms with Crippen LogP contribution in [0.15, 0.2) is 179 Å². The summed E-state index contributed by atoms with van der Waals surface area (Å²) in [4.78, 5) is 55.6. The molecule has 71 heavy (non-hydrogen) atoms. The lowest BCUT2D eigenvalue weighted by atomic mass is 9.80. The molecule has 2 atom stereocenters. The minimum absolute atomic E-state index is 0.0853. The van der Waals surface area contributed by atoms with Gasteiger partial charge in [-0.15, -0.1) is 28.2 Å². The molecule has 0 saturated carbocycles. The summed E-state index contributed by atoms with van der Waals surface area (Å²) >= 11 is 10.1. The predicted molar refractivity (Wildman–Crippen MR) is 279 cm³/mol. The van der Waals surface area contributed by atoms with Gasteiger partial charge in [-0.1, -0.05) is 169 Å². The molecule has 9 rings (SSSR count). The third-order valence-electron chi connectivity index (χ3n) is 11.3. The molecule has 360 valence electrons. The van der Waals surface area contributed by atoms with Gasteiger partial charge in [0.2, 0.25) is 15.8 Å². The molecule has 4 heterocycles. The van der Waals surface area contributed by atoms with Crippen LogP contribution < -0.4 is 10.6 Å². The lowest BCUT2D eigenvalue weighted by Gasteiger charge is -2.50. The maximum absolute atomic E-state index is 15.0. The van der Waals surface area contributed by atoms with Gasteiger partial charge in [0.1, 0.15) is 28.8 Å². The Bertz CT molecular complexity index is 2940. The summed E-state index contributed by atoms with van der Waals surface area (Å²) in [6, 6.07) is 47.2. The van der Waals surface area contributed by atoms with Crippen LogP contribution in [0.5, 0.6) is 0 Å². The van der Waals surface area contributed by atoms with Crippen molar-refractivity contribution in [2.75, 3.05) is 16.8 Å². The number of fused-ring (bicyclic) bond motifs is 1. The summed E-state index contributed by atoms with van der Waals surface area (Å²) in [6.07, 6.45) is -1.31. The van der Waals surface area contributed by atoms with E-state index < -0.39 is 46.6 Å². The minimum Gasteiger partial charge on any atom is -0.469 e. The molecule has 0 spiro atoms. The zero-order chi connectivity index (χ0) is 49.5. The molecule has 0 bridgehead atoms. The summed E-state index contributed by atoms with van der Waals surface area (Å²) in [5.41, 5.74) is 2.95. The first-order chi connectivity index (χ1) is 34.4. The first-order valence-electron chi connectivity index (χ1n) is 22.4. The maximum atomic E-state index is 15.0. The van der Waals surface area contributed by atoms with Crippen molar-refractivity contribution in [2.45, 2.75) is 54.6 Å². The number of nitrogens with one attached hydrogen (secondary N) is 2. The van der Waals surface area contributed by atoms with Gasteiger partial charge in [-0.3, -0.25) is 19.8 Å². The summed E-state index contributed by atoms with van der Waals surface area (Å²) in [5.74, 6) is -0.302. The lowest BCUT2D eigenvalue weighted by molar-refractivity contribution is -0.144. The Balaban J connectivity index is 1.06. The number of benzene rings is 5. The number of hydrogen-bond acceptors (Lipinski definition) is 15. The third kappa shape index (κ3) is 10.8. The number of carbonyl (C=O) groups is 3. The van der Waals surface area contributed by atoms with Crippen LogP contribution in [0.4, 0.5) is 9.93 Å². The number of rotatable bonds is 16. The fraction of sp³-hybridized carbons (Fsp3) is 0.212. The Morgan fingerprint density at radius 3 is 1.92 bits per heavy atom. The lowest BCUT2D eigenvalue weighted by Crippen LogP contribution is -2.71. The maximum Gasteiger partial charge on any atom is 0.413 e. The number of hydrogen-bond donors (Lipinski definition) is 2. The van der Waals surface area contributed by atoms with E-state index in [1.807, 2.05) is 152 Å². The molecule has 1 fully saturated rings. The normalized spacial score (nSPS) is 15.9. The molecule has 3 amide bonds. The fourth-order valence-electron chi connectivity index (χ4n) is 8.06. The Morgan fingerprint density at radius 2 is 1.39 bits per heavy atom. The second-order valence-corrected chi connectivity index (χ2v) is 20.5. The second kappa shape index (κ2) is 21.4. The number of thioether (sulfide) groups is 2. The van der Waals surface area contributed by atoms with E-state index in [9.17, 15) is 14.4 Å². The van der Waals surface area contributed by atoms with Gasteiger partial charge in [0.25, 0.3) is 11.8 Å². The van der Waals surface area contributed by atoms with Crippen LogP contribution in [0.2, 0.25) is 0 Å². The van der Waals surface area contributed by atoms with Gasteiger partial charge >= 0.3 is 6.09 Å². The van der Waals surface area contributed by atoms with Crippen LogP contribution in [0.1, 0.15) is 60.4 Å². The van der Waals surface area contributed by atoms with Gasteiger partial charge < -0.3 is 19.6 Å². The molecule has 0 aliphatic carbocycles. The molecule has 0 radical (unpaired) electrons.